The molecule has 8 heteroatoms. The Morgan fingerprint density at radius 1 is 1.19 bits per heavy atom. The van der Waals surface area contributed by atoms with E-state index in [1.54, 1.807) is 15.9 Å². The first kappa shape index (κ1) is 20.5. The normalized spacial score (nSPS) is 15.5. The molecule has 0 unspecified atom stereocenters. The molecule has 144 valence electrons. The molecule has 0 bridgehead atoms. The van der Waals surface area contributed by atoms with Gasteiger partial charge in [0.05, 0.1) is 17.3 Å². The first-order valence-corrected chi connectivity index (χ1v) is 9.34. The second kappa shape index (κ2) is 9.73. The van der Waals surface area contributed by atoms with Gasteiger partial charge in [-0.05, 0) is 32.4 Å². The van der Waals surface area contributed by atoms with E-state index in [9.17, 15) is 14.0 Å². The van der Waals surface area contributed by atoms with Crippen molar-refractivity contribution in [1.82, 2.24) is 14.7 Å². The fraction of sp³-hybridized carbons (Fsp3) is 0.556. The Labute approximate surface area is 158 Å². The number of urea groups is 1. The number of rotatable bonds is 5. The summed E-state index contributed by atoms with van der Waals surface area (Å²) in [6, 6.07) is 4.14. The minimum atomic E-state index is -0.635. The summed E-state index contributed by atoms with van der Waals surface area (Å²) < 4.78 is 13.9. The molecule has 1 fully saturated rings. The van der Waals surface area contributed by atoms with Crippen molar-refractivity contribution >= 4 is 29.2 Å². The first-order chi connectivity index (χ1) is 12.5. The SMILES string of the molecule is CCN(CC)C(=O)CN1CCCN(C(=O)Nc2cccc(Cl)c2F)CC1. The molecule has 26 heavy (non-hydrogen) atoms. The Kier molecular flexibility index (Phi) is 7.66. The molecule has 1 saturated heterocycles. The summed E-state index contributed by atoms with van der Waals surface area (Å²) in [7, 11) is 0. The van der Waals surface area contributed by atoms with Crippen LogP contribution in [0, 0.1) is 5.82 Å². The Morgan fingerprint density at radius 3 is 2.62 bits per heavy atom. The van der Waals surface area contributed by atoms with Gasteiger partial charge in [-0.15, -0.1) is 0 Å². The number of carbonyl (C=O) groups excluding carboxylic acids is 2. The average Bonchev–Trinajstić information content (AvgIpc) is 2.85. The average molecular weight is 385 g/mol. The Hall–Kier alpha value is -1.86. The highest BCUT2D eigenvalue weighted by Crippen LogP contribution is 2.22. The molecular weight excluding hydrogens is 359 g/mol. The third-order valence-corrected chi connectivity index (χ3v) is 4.84. The van der Waals surface area contributed by atoms with Crippen molar-refractivity contribution in [1.29, 1.82) is 0 Å². The summed E-state index contributed by atoms with van der Waals surface area (Å²) in [6.07, 6.45) is 0.761. The van der Waals surface area contributed by atoms with Gasteiger partial charge < -0.3 is 15.1 Å². The van der Waals surface area contributed by atoms with E-state index in [1.165, 1.54) is 12.1 Å². The number of hydrogen-bond donors (Lipinski definition) is 1. The molecule has 1 aliphatic heterocycles. The number of likely N-dealkylation sites (N-methyl/N-ethyl adjacent to an activating group) is 1. The molecule has 2 rings (SSSR count). The Balaban J connectivity index is 1.90. The number of amides is 3. The van der Waals surface area contributed by atoms with Gasteiger partial charge in [-0.2, -0.15) is 0 Å². The molecule has 0 atom stereocenters. The highest BCUT2D eigenvalue weighted by Gasteiger charge is 2.22. The van der Waals surface area contributed by atoms with Crippen LogP contribution >= 0.6 is 11.6 Å². The minimum Gasteiger partial charge on any atom is -0.342 e. The van der Waals surface area contributed by atoms with E-state index in [4.69, 9.17) is 11.6 Å². The molecule has 0 saturated carbocycles. The predicted octanol–water partition coefficient (Wildman–Crippen LogP) is 2.89. The van der Waals surface area contributed by atoms with Gasteiger partial charge in [-0.25, -0.2) is 9.18 Å². The number of nitrogens with one attached hydrogen (secondary N) is 1. The molecule has 1 N–H and O–H groups in total. The van der Waals surface area contributed by atoms with Crippen LogP contribution in [-0.2, 0) is 4.79 Å². The molecule has 1 aliphatic rings. The number of halogens is 2. The van der Waals surface area contributed by atoms with Crippen LogP contribution in [0.25, 0.3) is 0 Å². The van der Waals surface area contributed by atoms with E-state index in [0.29, 0.717) is 39.3 Å². The number of hydrogen-bond acceptors (Lipinski definition) is 3. The maximum Gasteiger partial charge on any atom is 0.321 e. The molecule has 1 aromatic rings. The van der Waals surface area contributed by atoms with Crippen LogP contribution in [0.4, 0.5) is 14.9 Å². The monoisotopic (exact) mass is 384 g/mol. The third kappa shape index (κ3) is 5.32. The molecule has 0 spiro atoms. The second-order valence-electron chi connectivity index (χ2n) is 6.21. The lowest BCUT2D eigenvalue weighted by atomic mass is 10.3. The summed E-state index contributed by atoms with van der Waals surface area (Å²) in [6.45, 7) is 8.09. The Bertz CT molecular complexity index is 640. The second-order valence-corrected chi connectivity index (χ2v) is 6.62. The third-order valence-electron chi connectivity index (χ3n) is 4.54. The van der Waals surface area contributed by atoms with Gasteiger partial charge in [-0.3, -0.25) is 9.69 Å². The van der Waals surface area contributed by atoms with Crippen molar-refractivity contribution < 1.29 is 14.0 Å². The maximum atomic E-state index is 13.9. The van der Waals surface area contributed by atoms with E-state index >= 15 is 0 Å². The fourth-order valence-electron chi connectivity index (χ4n) is 2.99. The van der Waals surface area contributed by atoms with Gasteiger partial charge in [0.25, 0.3) is 0 Å². The minimum absolute atomic E-state index is 0.0280. The molecule has 1 aromatic carbocycles. The van der Waals surface area contributed by atoms with Crippen LogP contribution in [0.2, 0.25) is 5.02 Å². The molecule has 3 amide bonds. The van der Waals surface area contributed by atoms with E-state index in [2.05, 4.69) is 10.2 Å². The van der Waals surface area contributed by atoms with Crippen LogP contribution < -0.4 is 5.32 Å². The lowest BCUT2D eigenvalue weighted by Gasteiger charge is -2.25. The number of carbonyl (C=O) groups is 2. The summed E-state index contributed by atoms with van der Waals surface area (Å²) in [5.41, 5.74) is 0.0697. The lowest BCUT2D eigenvalue weighted by molar-refractivity contribution is -0.132. The zero-order chi connectivity index (χ0) is 19.1. The highest BCUT2D eigenvalue weighted by molar-refractivity contribution is 6.31. The van der Waals surface area contributed by atoms with Crippen LogP contribution in [0.3, 0.4) is 0 Å². The van der Waals surface area contributed by atoms with Crippen molar-refractivity contribution in [3.8, 4) is 0 Å². The Morgan fingerprint density at radius 2 is 1.92 bits per heavy atom. The summed E-state index contributed by atoms with van der Waals surface area (Å²) >= 11 is 5.74. The van der Waals surface area contributed by atoms with Gasteiger partial charge >= 0.3 is 6.03 Å². The topological polar surface area (TPSA) is 55.9 Å². The standard InChI is InChI=1S/C18H26ClFN4O2/c1-3-23(4-2)16(25)13-22-9-6-10-24(12-11-22)18(26)21-15-8-5-7-14(19)17(15)20/h5,7-8H,3-4,6,9-13H2,1-2H3,(H,21,26). The number of benzene rings is 1. The van der Waals surface area contributed by atoms with Gasteiger partial charge in [-0.1, -0.05) is 17.7 Å². The van der Waals surface area contributed by atoms with Crippen molar-refractivity contribution in [2.75, 3.05) is 51.1 Å². The van der Waals surface area contributed by atoms with Gasteiger partial charge in [0.1, 0.15) is 0 Å². The highest BCUT2D eigenvalue weighted by atomic mass is 35.5. The van der Waals surface area contributed by atoms with Crippen LogP contribution in [0.5, 0.6) is 0 Å². The number of anilines is 1. The van der Waals surface area contributed by atoms with Crippen molar-refractivity contribution in [3.05, 3.63) is 29.0 Å². The molecule has 0 aromatic heterocycles. The van der Waals surface area contributed by atoms with E-state index in [-0.39, 0.29) is 22.6 Å². The fourth-order valence-corrected chi connectivity index (χ4v) is 3.17. The summed E-state index contributed by atoms with van der Waals surface area (Å²) in [4.78, 5) is 30.2. The maximum absolute atomic E-state index is 13.9. The molecule has 6 nitrogen and oxygen atoms in total. The quantitative estimate of drug-likeness (QED) is 0.849. The van der Waals surface area contributed by atoms with Crippen molar-refractivity contribution in [2.45, 2.75) is 20.3 Å². The zero-order valence-corrected chi connectivity index (χ0v) is 16.1. The summed E-state index contributed by atoms with van der Waals surface area (Å²) in [5.74, 6) is -0.530. The smallest absolute Gasteiger partial charge is 0.321 e. The van der Waals surface area contributed by atoms with Crippen molar-refractivity contribution in [2.24, 2.45) is 0 Å². The van der Waals surface area contributed by atoms with Gasteiger partial charge in [0, 0.05) is 39.3 Å². The van der Waals surface area contributed by atoms with Crippen molar-refractivity contribution in [3.63, 3.8) is 0 Å². The molecule has 0 radical (unpaired) electrons. The van der Waals surface area contributed by atoms with Crippen LogP contribution in [0.1, 0.15) is 20.3 Å². The van der Waals surface area contributed by atoms with Gasteiger partial charge in [0.15, 0.2) is 5.82 Å². The summed E-state index contributed by atoms with van der Waals surface area (Å²) in [5, 5.41) is 2.55. The van der Waals surface area contributed by atoms with Gasteiger partial charge in [0.2, 0.25) is 5.91 Å². The predicted molar refractivity (Wildman–Crippen MR) is 101 cm³/mol. The van der Waals surface area contributed by atoms with E-state index < -0.39 is 5.82 Å². The van der Waals surface area contributed by atoms with Crippen LogP contribution in [-0.4, -0.2) is 72.5 Å². The first-order valence-electron chi connectivity index (χ1n) is 8.96. The molecule has 0 aliphatic carbocycles. The lowest BCUT2D eigenvalue weighted by Crippen LogP contribution is -2.42. The van der Waals surface area contributed by atoms with E-state index in [1.807, 2.05) is 13.8 Å². The van der Waals surface area contributed by atoms with E-state index in [0.717, 1.165) is 13.0 Å². The molecular formula is C18H26ClFN4O2. The zero-order valence-electron chi connectivity index (χ0n) is 15.3. The molecule has 1 heterocycles. The largest absolute Gasteiger partial charge is 0.342 e. The number of nitrogens with zero attached hydrogens (tertiary/aromatic N) is 3. The van der Waals surface area contributed by atoms with Crippen LogP contribution in [0.15, 0.2) is 18.2 Å².